The molecule has 0 heterocycles. The maximum Gasteiger partial charge on any atom is 0.218 e. The van der Waals surface area contributed by atoms with E-state index in [1.54, 1.807) is 0 Å². The Labute approximate surface area is 101 Å². The van der Waals surface area contributed by atoms with Gasteiger partial charge in [-0.25, -0.2) is 0 Å². The number of nitrogens with two attached hydrogens (primary N) is 1. The minimum atomic E-state index is -0.275. The van der Waals surface area contributed by atoms with Crippen LogP contribution < -0.4 is 11.1 Å². The highest BCUT2D eigenvalue weighted by Gasteiger charge is 2.04. The van der Waals surface area contributed by atoms with Gasteiger partial charge in [-0.1, -0.05) is 23.7 Å². The van der Waals surface area contributed by atoms with Crippen molar-refractivity contribution in [2.75, 3.05) is 6.54 Å². The molecule has 1 aromatic carbocycles. The van der Waals surface area contributed by atoms with Crippen LogP contribution >= 0.6 is 11.6 Å². The number of nitrogens with one attached hydrogen (secondary N) is 1. The number of halogens is 1. The zero-order valence-corrected chi connectivity index (χ0v) is 10.1. The van der Waals surface area contributed by atoms with Gasteiger partial charge in [0.15, 0.2) is 0 Å². The van der Waals surface area contributed by atoms with Gasteiger partial charge >= 0.3 is 0 Å². The molecule has 16 heavy (non-hydrogen) atoms. The summed E-state index contributed by atoms with van der Waals surface area (Å²) in [5.74, 6) is -0.275. The molecule has 0 fully saturated rings. The Morgan fingerprint density at radius 3 is 2.94 bits per heavy atom. The van der Waals surface area contributed by atoms with Gasteiger partial charge < -0.3 is 11.1 Å². The summed E-state index contributed by atoms with van der Waals surface area (Å²) >= 11 is 5.87. The van der Waals surface area contributed by atoms with Crippen LogP contribution in [0.2, 0.25) is 5.02 Å². The van der Waals surface area contributed by atoms with Gasteiger partial charge in [-0.05, 0) is 37.6 Å². The molecule has 1 atom stereocenters. The first-order valence-corrected chi connectivity index (χ1v) is 5.72. The normalized spacial score (nSPS) is 12.4. The Kier molecular flexibility index (Phi) is 5.29. The molecule has 0 radical (unpaired) electrons. The lowest BCUT2D eigenvalue weighted by molar-refractivity contribution is -0.118. The maximum absolute atomic E-state index is 10.7. The number of hydrogen-bond donors (Lipinski definition) is 2. The predicted octanol–water partition coefficient (Wildman–Crippen LogP) is 1.74. The molecule has 0 saturated heterocycles. The summed E-state index contributed by atoms with van der Waals surface area (Å²) in [6.07, 6.45) is 1.26. The highest BCUT2D eigenvalue weighted by molar-refractivity contribution is 6.30. The summed E-state index contributed by atoms with van der Waals surface area (Å²) in [5, 5.41) is 3.99. The number of carbonyl (C=O) groups excluding carboxylic acids is 1. The van der Waals surface area contributed by atoms with Crippen molar-refractivity contribution in [1.82, 2.24) is 5.32 Å². The topological polar surface area (TPSA) is 55.1 Å². The van der Waals surface area contributed by atoms with Crippen LogP contribution in [0.3, 0.4) is 0 Å². The number of carbonyl (C=O) groups is 1. The van der Waals surface area contributed by atoms with Gasteiger partial charge in [-0.3, -0.25) is 4.79 Å². The largest absolute Gasteiger partial charge is 0.370 e. The number of amides is 1. The van der Waals surface area contributed by atoms with Crippen molar-refractivity contribution in [3.63, 3.8) is 0 Å². The first-order chi connectivity index (χ1) is 7.58. The summed E-state index contributed by atoms with van der Waals surface area (Å²) in [5.41, 5.74) is 6.29. The molecule has 3 N–H and O–H groups in total. The maximum atomic E-state index is 10.7. The van der Waals surface area contributed by atoms with Crippen molar-refractivity contribution < 1.29 is 4.79 Å². The van der Waals surface area contributed by atoms with E-state index in [9.17, 15) is 4.79 Å². The van der Waals surface area contributed by atoms with Crippen LogP contribution in [0.5, 0.6) is 0 Å². The molecule has 3 nitrogen and oxygen atoms in total. The van der Waals surface area contributed by atoms with E-state index in [0.29, 0.717) is 6.42 Å². The number of primary amides is 1. The van der Waals surface area contributed by atoms with Crippen molar-refractivity contribution in [2.45, 2.75) is 25.8 Å². The number of benzene rings is 1. The van der Waals surface area contributed by atoms with Crippen molar-refractivity contribution in [2.24, 2.45) is 5.73 Å². The first-order valence-electron chi connectivity index (χ1n) is 5.34. The highest BCUT2D eigenvalue weighted by Crippen LogP contribution is 2.10. The summed E-state index contributed by atoms with van der Waals surface area (Å²) in [6.45, 7) is 2.76. The van der Waals surface area contributed by atoms with Crippen molar-refractivity contribution in [3.05, 3.63) is 34.9 Å². The fourth-order valence-corrected chi connectivity index (χ4v) is 1.74. The third-order valence-corrected chi connectivity index (χ3v) is 2.54. The van der Waals surface area contributed by atoms with Crippen LogP contribution in [0.15, 0.2) is 24.3 Å². The zero-order valence-electron chi connectivity index (χ0n) is 9.37. The fraction of sp³-hybridized carbons (Fsp3) is 0.417. The van der Waals surface area contributed by atoms with Gasteiger partial charge in [-0.2, -0.15) is 0 Å². The van der Waals surface area contributed by atoms with E-state index < -0.39 is 0 Å². The SMILES string of the molecule is C[C@@H](CC(N)=O)NCCc1cccc(Cl)c1. The number of rotatable bonds is 6. The molecular weight excluding hydrogens is 224 g/mol. The van der Waals surface area contributed by atoms with Gasteiger partial charge in [-0.15, -0.1) is 0 Å². The molecule has 0 aliphatic heterocycles. The fourth-order valence-electron chi connectivity index (χ4n) is 1.53. The molecule has 1 aromatic rings. The molecule has 0 aliphatic carbocycles. The lowest BCUT2D eigenvalue weighted by atomic mass is 10.1. The van der Waals surface area contributed by atoms with Crippen molar-refractivity contribution in [1.29, 1.82) is 0 Å². The average Bonchev–Trinajstić information content (AvgIpc) is 2.16. The standard InChI is InChI=1S/C12H17ClN2O/c1-9(7-12(14)16)15-6-5-10-3-2-4-11(13)8-10/h2-4,8-9,15H,5-7H2,1H3,(H2,14,16)/t9-/m0/s1. The molecule has 0 bridgehead atoms. The molecule has 1 amide bonds. The molecule has 0 aliphatic rings. The average molecular weight is 241 g/mol. The van der Waals surface area contributed by atoms with E-state index in [-0.39, 0.29) is 11.9 Å². The molecule has 1 rings (SSSR count). The molecule has 0 unspecified atom stereocenters. The Morgan fingerprint density at radius 1 is 1.56 bits per heavy atom. The van der Waals surface area contributed by atoms with Crippen LogP contribution in [0.1, 0.15) is 18.9 Å². The minimum Gasteiger partial charge on any atom is -0.370 e. The van der Waals surface area contributed by atoms with Crippen LogP contribution in [-0.2, 0) is 11.2 Å². The zero-order chi connectivity index (χ0) is 12.0. The molecule has 0 saturated carbocycles. The molecule has 88 valence electrons. The molecule has 0 spiro atoms. The Bertz CT molecular complexity index is 355. The van der Waals surface area contributed by atoms with Crippen LogP contribution in [0, 0.1) is 0 Å². The third kappa shape index (κ3) is 5.14. The van der Waals surface area contributed by atoms with Gasteiger partial charge in [0.2, 0.25) is 5.91 Å². The summed E-state index contributed by atoms with van der Waals surface area (Å²) < 4.78 is 0. The monoisotopic (exact) mass is 240 g/mol. The van der Waals surface area contributed by atoms with E-state index in [1.807, 2.05) is 31.2 Å². The van der Waals surface area contributed by atoms with Crippen LogP contribution in [0.25, 0.3) is 0 Å². The first kappa shape index (κ1) is 13.0. The summed E-state index contributed by atoms with van der Waals surface area (Å²) in [4.78, 5) is 10.7. The molecular formula is C12H17ClN2O. The summed E-state index contributed by atoms with van der Waals surface area (Å²) in [6, 6.07) is 7.89. The van der Waals surface area contributed by atoms with Gasteiger partial charge in [0.05, 0.1) is 0 Å². The Morgan fingerprint density at radius 2 is 2.31 bits per heavy atom. The molecule has 4 heteroatoms. The van der Waals surface area contributed by atoms with Crippen molar-refractivity contribution in [3.8, 4) is 0 Å². The predicted molar refractivity (Wildman–Crippen MR) is 66.4 cm³/mol. The smallest absolute Gasteiger partial charge is 0.218 e. The van der Waals surface area contributed by atoms with E-state index >= 15 is 0 Å². The van der Waals surface area contributed by atoms with E-state index in [0.717, 1.165) is 18.0 Å². The van der Waals surface area contributed by atoms with Gasteiger partial charge in [0, 0.05) is 17.5 Å². The lowest BCUT2D eigenvalue weighted by Gasteiger charge is -2.11. The summed E-state index contributed by atoms with van der Waals surface area (Å²) in [7, 11) is 0. The third-order valence-electron chi connectivity index (χ3n) is 2.30. The highest BCUT2D eigenvalue weighted by atomic mass is 35.5. The van der Waals surface area contributed by atoms with E-state index in [1.165, 1.54) is 5.56 Å². The van der Waals surface area contributed by atoms with Crippen LogP contribution in [-0.4, -0.2) is 18.5 Å². The van der Waals surface area contributed by atoms with Crippen molar-refractivity contribution >= 4 is 17.5 Å². The van der Waals surface area contributed by atoms with Crippen LogP contribution in [0.4, 0.5) is 0 Å². The second kappa shape index (κ2) is 6.51. The quantitative estimate of drug-likeness (QED) is 0.796. The van der Waals surface area contributed by atoms with E-state index in [2.05, 4.69) is 5.32 Å². The number of hydrogen-bond acceptors (Lipinski definition) is 2. The Balaban J connectivity index is 2.27. The molecule has 0 aromatic heterocycles. The van der Waals surface area contributed by atoms with Gasteiger partial charge in [0.1, 0.15) is 0 Å². The lowest BCUT2D eigenvalue weighted by Crippen LogP contribution is -2.32. The Hall–Kier alpha value is -1.06. The van der Waals surface area contributed by atoms with E-state index in [4.69, 9.17) is 17.3 Å². The second-order valence-electron chi connectivity index (χ2n) is 3.91. The van der Waals surface area contributed by atoms with Gasteiger partial charge in [0.25, 0.3) is 0 Å². The minimum absolute atomic E-state index is 0.122. The second-order valence-corrected chi connectivity index (χ2v) is 4.34.